The van der Waals surface area contributed by atoms with Crippen molar-refractivity contribution in [2.75, 3.05) is 0 Å². The van der Waals surface area contributed by atoms with Crippen molar-refractivity contribution in [1.29, 1.82) is 0 Å². The van der Waals surface area contributed by atoms with Crippen molar-refractivity contribution in [1.82, 2.24) is 10.5 Å². The van der Waals surface area contributed by atoms with Crippen LogP contribution in [0.2, 0.25) is 0 Å². The number of carbonyl (C=O) groups excluding carboxylic acids is 1. The zero-order valence-corrected chi connectivity index (χ0v) is 11.1. The third-order valence-electron chi connectivity index (χ3n) is 3.71. The molecule has 1 heterocycles. The summed E-state index contributed by atoms with van der Waals surface area (Å²) in [6, 6.07) is 0. The number of aryl methyl sites for hydroxylation is 1. The Balaban J connectivity index is 2.20. The number of aliphatic carboxylic acids is 1. The van der Waals surface area contributed by atoms with Crippen molar-refractivity contribution in [2.45, 2.75) is 45.1 Å². The molecule has 6 nitrogen and oxygen atoms in total. The van der Waals surface area contributed by atoms with Crippen LogP contribution >= 0.6 is 0 Å². The summed E-state index contributed by atoms with van der Waals surface area (Å²) in [5, 5.41) is 15.6. The Morgan fingerprint density at radius 3 is 2.84 bits per heavy atom. The highest BCUT2D eigenvalue weighted by Gasteiger charge is 2.43. The predicted molar refractivity (Wildman–Crippen MR) is 66.7 cm³/mol. The van der Waals surface area contributed by atoms with Crippen LogP contribution in [0.3, 0.4) is 0 Å². The van der Waals surface area contributed by atoms with Crippen molar-refractivity contribution in [3.05, 3.63) is 17.5 Å². The van der Waals surface area contributed by atoms with Gasteiger partial charge in [0.15, 0.2) is 0 Å². The molecule has 1 aliphatic rings. The zero-order chi connectivity index (χ0) is 14.0. The van der Waals surface area contributed by atoms with Crippen LogP contribution in [0.25, 0.3) is 0 Å². The van der Waals surface area contributed by atoms with Gasteiger partial charge in [-0.3, -0.25) is 4.79 Å². The first-order valence-electron chi connectivity index (χ1n) is 6.42. The Hall–Kier alpha value is -1.85. The van der Waals surface area contributed by atoms with Crippen LogP contribution in [0.4, 0.5) is 0 Å². The number of nitrogens with zero attached hydrogens (tertiary/aromatic N) is 1. The molecule has 0 saturated heterocycles. The monoisotopic (exact) mass is 266 g/mol. The molecule has 1 amide bonds. The second-order valence-electron chi connectivity index (χ2n) is 5.38. The molecule has 2 N–H and O–H groups in total. The molecule has 0 aliphatic heterocycles. The number of aromatic nitrogens is 1. The van der Waals surface area contributed by atoms with E-state index in [0.717, 1.165) is 12.8 Å². The van der Waals surface area contributed by atoms with Gasteiger partial charge in [-0.25, -0.2) is 4.79 Å². The molecule has 6 heteroatoms. The molecule has 0 bridgehead atoms. The van der Waals surface area contributed by atoms with Gasteiger partial charge in [0, 0.05) is 5.56 Å². The van der Waals surface area contributed by atoms with E-state index in [9.17, 15) is 14.7 Å². The fourth-order valence-electron chi connectivity index (χ4n) is 2.70. The largest absolute Gasteiger partial charge is 0.480 e. The Bertz CT molecular complexity index is 497. The average Bonchev–Trinajstić information content (AvgIpc) is 2.75. The number of carbonyl (C=O) groups is 2. The van der Waals surface area contributed by atoms with E-state index in [2.05, 4.69) is 10.5 Å². The van der Waals surface area contributed by atoms with Crippen LogP contribution in [0, 0.1) is 12.8 Å². The molecule has 1 aromatic rings. The van der Waals surface area contributed by atoms with E-state index in [0.29, 0.717) is 18.4 Å². The maximum Gasteiger partial charge on any atom is 0.329 e. The first-order chi connectivity index (χ1) is 8.94. The first-order valence-corrected chi connectivity index (χ1v) is 6.42. The molecule has 19 heavy (non-hydrogen) atoms. The molecule has 2 atom stereocenters. The summed E-state index contributed by atoms with van der Waals surface area (Å²) in [5.41, 5.74) is -0.588. The van der Waals surface area contributed by atoms with E-state index >= 15 is 0 Å². The molecule has 2 unspecified atom stereocenters. The molecule has 2 rings (SSSR count). The zero-order valence-electron chi connectivity index (χ0n) is 11.1. The summed E-state index contributed by atoms with van der Waals surface area (Å²) in [6.07, 6.45) is 4.12. The van der Waals surface area contributed by atoms with Gasteiger partial charge < -0.3 is 14.9 Å². The lowest BCUT2D eigenvalue weighted by Crippen LogP contribution is -2.56. The summed E-state index contributed by atoms with van der Waals surface area (Å²) >= 11 is 0. The number of hydrogen-bond acceptors (Lipinski definition) is 4. The van der Waals surface area contributed by atoms with Crippen molar-refractivity contribution in [2.24, 2.45) is 5.92 Å². The van der Waals surface area contributed by atoms with E-state index in [1.54, 1.807) is 6.92 Å². The van der Waals surface area contributed by atoms with Crippen molar-refractivity contribution in [3.8, 4) is 0 Å². The molecular weight excluding hydrogens is 248 g/mol. The van der Waals surface area contributed by atoms with Crippen LogP contribution in [0.1, 0.15) is 48.7 Å². The first kappa shape index (κ1) is 13.6. The van der Waals surface area contributed by atoms with Gasteiger partial charge in [0.25, 0.3) is 5.91 Å². The van der Waals surface area contributed by atoms with Crippen molar-refractivity contribution < 1.29 is 19.2 Å². The third kappa shape index (κ3) is 2.62. The van der Waals surface area contributed by atoms with Gasteiger partial charge in [-0.2, -0.15) is 0 Å². The summed E-state index contributed by atoms with van der Waals surface area (Å²) in [5.74, 6) is -1.13. The lowest BCUT2D eigenvalue weighted by atomic mass is 9.76. The van der Waals surface area contributed by atoms with Gasteiger partial charge >= 0.3 is 5.97 Å². The fourth-order valence-corrected chi connectivity index (χ4v) is 2.70. The van der Waals surface area contributed by atoms with Gasteiger partial charge in [-0.15, -0.1) is 0 Å². The topological polar surface area (TPSA) is 92.4 Å². The van der Waals surface area contributed by atoms with Gasteiger partial charge in [0.2, 0.25) is 5.76 Å². The van der Waals surface area contributed by atoms with Crippen LogP contribution in [0.15, 0.2) is 10.7 Å². The Labute approximate surface area is 111 Å². The number of amides is 1. The van der Waals surface area contributed by atoms with Crippen molar-refractivity contribution in [3.63, 3.8) is 0 Å². The van der Waals surface area contributed by atoms with Gasteiger partial charge in [0.05, 0.1) is 6.20 Å². The Morgan fingerprint density at radius 2 is 2.32 bits per heavy atom. The highest BCUT2D eigenvalue weighted by Crippen LogP contribution is 2.33. The van der Waals surface area contributed by atoms with E-state index < -0.39 is 17.4 Å². The van der Waals surface area contributed by atoms with E-state index in [-0.39, 0.29) is 11.7 Å². The SMILES string of the molecule is Cc1cnoc1C(=O)NC1(C(=O)O)CCCC(C)C1. The van der Waals surface area contributed by atoms with Gasteiger partial charge in [0.1, 0.15) is 5.54 Å². The molecule has 0 radical (unpaired) electrons. The lowest BCUT2D eigenvalue weighted by Gasteiger charge is -2.36. The summed E-state index contributed by atoms with van der Waals surface area (Å²) in [6.45, 7) is 3.70. The summed E-state index contributed by atoms with van der Waals surface area (Å²) in [4.78, 5) is 23.7. The van der Waals surface area contributed by atoms with Crippen molar-refractivity contribution >= 4 is 11.9 Å². The molecule has 1 aliphatic carbocycles. The van der Waals surface area contributed by atoms with Crippen LogP contribution in [0.5, 0.6) is 0 Å². The molecule has 104 valence electrons. The second-order valence-corrected chi connectivity index (χ2v) is 5.38. The van der Waals surface area contributed by atoms with E-state index in [1.807, 2.05) is 6.92 Å². The Kier molecular flexibility index (Phi) is 3.59. The molecule has 0 spiro atoms. The fraction of sp³-hybridized carbons (Fsp3) is 0.615. The van der Waals surface area contributed by atoms with E-state index in [4.69, 9.17) is 4.52 Å². The standard InChI is InChI=1S/C13H18N2O4/c1-8-4-3-5-13(6-8,12(17)18)15-11(16)10-9(2)7-14-19-10/h7-8H,3-6H2,1-2H3,(H,15,16)(H,17,18). The number of hydrogen-bond donors (Lipinski definition) is 2. The number of carboxylic acid groups (broad SMARTS) is 1. The Morgan fingerprint density at radius 1 is 1.58 bits per heavy atom. The lowest BCUT2D eigenvalue weighted by molar-refractivity contribution is -0.146. The average molecular weight is 266 g/mol. The minimum Gasteiger partial charge on any atom is -0.480 e. The molecule has 1 fully saturated rings. The molecular formula is C13H18N2O4. The quantitative estimate of drug-likeness (QED) is 0.869. The summed E-state index contributed by atoms with van der Waals surface area (Å²) < 4.78 is 4.86. The number of carboxylic acids is 1. The number of rotatable bonds is 3. The predicted octanol–water partition coefficient (Wildman–Crippen LogP) is 1.75. The highest BCUT2D eigenvalue weighted by atomic mass is 16.5. The second kappa shape index (κ2) is 5.03. The van der Waals surface area contributed by atoms with Crippen LogP contribution < -0.4 is 5.32 Å². The minimum absolute atomic E-state index is 0.0823. The number of nitrogens with one attached hydrogen (secondary N) is 1. The van der Waals surface area contributed by atoms with Gasteiger partial charge in [-0.1, -0.05) is 24.9 Å². The summed E-state index contributed by atoms with van der Waals surface area (Å²) in [7, 11) is 0. The minimum atomic E-state index is -1.19. The highest BCUT2D eigenvalue weighted by molar-refractivity contribution is 5.96. The van der Waals surface area contributed by atoms with E-state index in [1.165, 1.54) is 6.20 Å². The normalized spacial score (nSPS) is 26.9. The maximum atomic E-state index is 12.1. The molecule has 1 saturated carbocycles. The third-order valence-corrected chi connectivity index (χ3v) is 3.71. The van der Waals surface area contributed by atoms with Gasteiger partial charge in [-0.05, 0) is 25.7 Å². The maximum absolute atomic E-state index is 12.1. The molecule has 0 aromatic carbocycles. The van der Waals surface area contributed by atoms with Crippen LogP contribution in [-0.4, -0.2) is 27.7 Å². The molecule has 1 aromatic heterocycles. The van der Waals surface area contributed by atoms with Crippen LogP contribution in [-0.2, 0) is 4.79 Å². The smallest absolute Gasteiger partial charge is 0.329 e.